The molecular formula is C14H19N3O3. The molecule has 6 heteroatoms. The van der Waals surface area contributed by atoms with Crippen molar-refractivity contribution in [1.82, 2.24) is 15.1 Å². The Morgan fingerprint density at radius 3 is 2.75 bits per heavy atom. The van der Waals surface area contributed by atoms with Crippen molar-refractivity contribution in [2.45, 2.75) is 32.8 Å². The van der Waals surface area contributed by atoms with E-state index in [0.29, 0.717) is 25.1 Å². The van der Waals surface area contributed by atoms with Crippen LogP contribution in [0.2, 0.25) is 0 Å². The van der Waals surface area contributed by atoms with Gasteiger partial charge in [0, 0.05) is 24.8 Å². The monoisotopic (exact) mass is 277 g/mol. The van der Waals surface area contributed by atoms with Gasteiger partial charge in [0.2, 0.25) is 0 Å². The lowest BCUT2D eigenvalue weighted by Crippen LogP contribution is -2.39. The van der Waals surface area contributed by atoms with Gasteiger partial charge in [-0.25, -0.2) is 9.89 Å². The van der Waals surface area contributed by atoms with Crippen molar-refractivity contribution in [3.05, 3.63) is 34.3 Å². The normalized spacial score (nSPS) is 15.8. The SMILES string of the molecule is CC(C)(C)OC(=O)N1CC=C(c2ccn[nH]c2=O)CC1. The lowest BCUT2D eigenvalue weighted by Gasteiger charge is -2.29. The molecule has 0 aliphatic carbocycles. The van der Waals surface area contributed by atoms with Crippen LogP contribution in [0.25, 0.3) is 5.57 Å². The second kappa shape index (κ2) is 5.48. The highest BCUT2D eigenvalue weighted by atomic mass is 16.6. The minimum absolute atomic E-state index is 0.204. The molecule has 0 saturated heterocycles. The molecule has 1 aromatic heterocycles. The van der Waals surface area contributed by atoms with Crippen molar-refractivity contribution in [3.63, 3.8) is 0 Å². The minimum Gasteiger partial charge on any atom is -0.444 e. The molecule has 2 heterocycles. The summed E-state index contributed by atoms with van der Waals surface area (Å²) in [6, 6.07) is 1.69. The highest BCUT2D eigenvalue weighted by Gasteiger charge is 2.24. The molecule has 0 aromatic carbocycles. The lowest BCUT2D eigenvalue weighted by atomic mass is 10.0. The second-order valence-corrected chi connectivity index (χ2v) is 5.71. The summed E-state index contributed by atoms with van der Waals surface area (Å²) >= 11 is 0. The zero-order valence-electron chi connectivity index (χ0n) is 12.0. The molecule has 1 amide bonds. The molecular weight excluding hydrogens is 258 g/mol. The second-order valence-electron chi connectivity index (χ2n) is 5.71. The Kier molecular flexibility index (Phi) is 3.92. The maximum atomic E-state index is 11.9. The van der Waals surface area contributed by atoms with Crippen LogP contribution in [0.15, 0.2) is 23.1 Å². The zero-order chi connectivity index (χ0) is 14.8. The van der Waals surface area contributed by atoms with E-state index in [1.807, 2.05) is 26.8 Å². The standard InChI is InChI=1S/C14H19N3O3/c1-14(2,3)20-13(19)17-8-5-10(6-9-17)11-4-7-15-16-12(11)18/h4-5,7H,6,8-9H2,1-3H3,(H,16,18). The molecule has 0 saturated carbocycles. The zero-order valence-corrected chi connectivity index (χ0v) is 12.0. The first-order valence-corrected chi connectivity index (χ1v) is 6.58. The average molecular weight is 277 g/mol. The summed E-state index contributed by atoms with van der Waals surface area (Å²) in [7, 11) is 0. The maximum Gasteiger partial charge on any atom is 0.410 e. The van der Waals surface area contributed by atoms with E-state index in [9.17, 15) is 9.59 Å². The molecule has 0 bridgehead atoms. The van der Waals surface area contributed by atoms with Gasteiger partial charge in [-0.1, -0.05) is 6.08 Å². The van der Waals surface area contributed by atoms with Crippen LogP contribution in [0.4, 0.5) is 4.79 Å². The van der Waals surface area contributed by atoms with Gasteiger partial charge in [-0.05, 0) is 38.8 Å². The van der Waals surface area contributed by atoms with Gasteiger partial charge in [0.25, 0.3) is 5.56 Å². The fourth-order valence-electron chi connectivity index (χ4n) is 2.00. The molecule has 20 heavy (non-hydrogen) atoms. The summed E-state index contributed by atoms with van der Waals surface area (Å²) in [6.07, 6.45) is 3.75. The van der Waals surface area contributed by atoms with Crippen LogP contribution in [-0.4, -0.2) is 39.9 Å². The third-order valence-corrected chi connectivity index (χ3v) is 2.93. The summed E-state index contributed by atoms with van der Waals surface area (Å²) in [5.74, 6) is 0. The highest BCUT2D eigenvalue weighted by Crippen LogP contribution is 2.20. The number of carbonyl (C=O) groups is 1. The van der Waals surface area contributed by atoms with E-state index >= 15 is 0 Å². The molecule has 0 spiro atoms. The summed E-state index contributed by atoms with van der Waals surface area (Å²) in [5, 5.41) is 6.08. The summed E-state index contributed by atoms with van der Waals surface area (Å²) in [5.41, 5.74) is 0.852. The van der Waals surface area contributed by atoms with Crippen LogP contribution in [0.1, 0.15) is 32.8 Å². The van der Waals surface area contributed by atoms with Gasteiger partial charge in [-0.3, -0.25) is 4.79 Å². The molecule has 0 fully saturated rings. The number of ether oxygens (including phenoxy) is 1. The first kappa shape index (κ1) is 14.3. The van der Waals surface area contributed by atoms with Crippen molar-refractivity contribution in [1.29, 1.82) is 0 Å². The molecule has 1 N–H and O–H groups in total. The van der Waals surface area contributed by atoms with Crippen molar-refractivity contribution < 1.29 is 9.53 Å². The first-order valence-electron chi connectivity index (χ1n) is 6.58. The predicted octanol–water partition coefficient (Wildman–Crippen LogP) is 1.79. The van der Waals surface area contributed by atoms with Crippen LogP contribution in [0.5, 0.6) is 0 Å². The molecule has 2 rings (SSSR count). The van der Waals surface area contributed by atoms with E-state index in [1.165, 1.54) is 0 Å². The van der Waals surface area contributed by atoms with Gasteiger partial charge in [-0.2, -0.15) is 5.10 Å². The summed E-state index contributed by atoms with van der Waals surface area (Å²) in [6.45, 7) is 6.51. The van der Waals surface area contributed by atoms with E-state index in [-0.39, 0.29) is 11.7 Å². The number of nitrogens with zero attached hydrogens (tertiary/aromatic N) is 2. The molecule has 1 aliphatic rings. The van der Waals surface area contributed by atoms with Crippen LogP contribution in [0, 0.1) is 0 Å². The van der Waals surface area contributed by atoms with Gasteiger partial charge in [0.05, 0.1) is 0 Å². The number of carbonyl (C=O) groups excluding carboxylic acids is 1. The van der Waals surface area contributed by atoms with Gasteiger partial charge in [0.15, 0.2) is 0 Å². The Hall–Kier alpha value is -2.11. The fourth-order valence-corrected chi connectivity index (χ4v) is 2.00. The van der Waals surface area contributed by atoms with Crippen molar-refractivity contribution in [3.8, 4) is 0 Å². The van der Waals surface area contributed by atoms with Gasteiger partial charge in [0.1, 0.15) is 5.60 Å². The highest BCUT2D eigenvalue weighted by molar-refractivity contribution is 5.72. The molecule has 108 valence electrons. The smallest absolute Gasteiger partial charge is 0.410 e. The number of aromatic nitrogens is 2. The molecule has 1 aromatic rings. The number of H-pyrrole nitrogens is 1. The Morgan fingerprint density at radius 1 is 1.45 bits per heavy atom. The Morgan fingerprint density at radius 2 is 2.20 bits per heavy atom. The van der Waals surface area contributed by atoms with Crippen LogP contribution in [-0.2, 0) is 4.74 Å². The lowest BCUT2D eigenvalue weighted by molar-refractivity contribution is 0.0270. The number of rotatable bonds is 1. The van der Waals surface area contributed by atoms with Crippen molar-refractivity contribution in [2.75, 3.05) is 13.1 Å². The van der Waals surface area contributed by atoms with Crippen LogP contribution in [0.3, 0.4) is 0 Å². The predicted molar refractivity (Wildman–Crippen MR) is 75.3 cm³/mol. The minimum atomic E-state index is -0.497. The third kappa shape index (κ3) is 3.46. The molecule has 6 nitrogen and oxygen atoms in total. The summed E-state index contributed by atoms with van der Waals surface area (Å²) in [4.78, 5) is 25.2. The van der Waals surface area contributed by atoms with Crippen LogP contribution >= 0.6 is 0 Å². The number of nitrogens with one attached hydrogen (secondary N) is 1. The Bertz CT molecular complexity index is 584. The molecule has 0 unspecified atom stereocenters. The van der Waals surface area contributed by atoms with Crippen molar-refractivity contribution in [2.24, 2.45) is 0 Å². The van der Waals surface area contributed by atoms with E-state index in [1.54, 1.807) is 17.2 Å². The van der Waals surface area contributed by atoms with E-state index in [2.05, 4.69) is 10.2 Å². The third-order valence-electron chi connectivity index (χ3n) is 2.93. The van der Waals surface area contributed by atoms with Crippen molar-refractivity contribution >= 4 is 11.7 Å². The molecule has 0 radical (unpaired) electrons. The Labute approximate surface area is 117 Å². The first-order chi connectivity index (χ1) is 9.37. The largest absolute Gasteiger partial charge is 0.444 e. The Balaban J connectivity index is 2.06. The van der Waals surface area contributed by atoms with Gasteiger partial charge < -0.3 is 9.64 Å². The average Bonchev–Trinajstić information content (AvgIpc) is 2.37. The fraction of sp³-hybridized carbons (Fsp3) is 0.500. The van der Waals surface area contributed by atoms with Crippen LogP contribution < -0.4 is 5.56 Å². The molecule has 0 atom stereocenters. The quantitative estimate of drug-likeness (QED) is 0.849. The van der Waals surface area contributed by atoms with E-state index in [0.717, 1.165) is 5.57 Å². The molecule has 1 aliphatic heterocycles. The van der Waals surface area contributed by atoms with Gasteiger partial charge in [-0.15, -0.1) is 0 Å². The summed E-state index contributed by atoms with van der Waals surface area (Å²) < 4.78 is 5.32. The van der Waals surface area contributed by atoms with E-state index < -0.39 is 5.60 Å². The van der Waals surface area contributed by atoms with E-state index in [4.69, 9.17) is 4.74 Å². The van der Waals surface area contributed by atoms with Gasteiger partial charge >= 0.3 is 6.09 Å². The number of hydrogen-bond donors (Lipinski definition) is 1. The topological polar surface area (TPSA) is 75.3 Å². The number of amides is 1. The number of aromatic amines is 1. The maximum absolute atomic E-state index is 11.9. The number of hydrogen-bond acceptors (Lipinski definition) is 4.